The second-order valence-corrected chi connectivity index (χ2v) is 11.0. The molecule has 1 aliphatic carbocycles. The van der Waals surface area contributed by atoms with E-state index in [0.717, 1.165) is 58.0 Å². The number of aryl methyl sites for hydroxylation is 1. The second kappa shape index (κ2) is 11.0. The Labute approximate surface area is 221 Å². The minimum atomic E-state index is -0.443. The highest BCUT2D eigenvalue weighted by Crippen LogP contribution is 2.32. The third-order valence-electron chi connectivity index (χ3n) is 8.06. The largest absolute Gasteiger partial charge is 0.444 e. The monoisotopic (exact) mass is 527 g/mol. The van der Waals surface area contributed by atoms with Crippen molar-refractivity contribution in [3.8, 4) is 0 Å². The molecule has 38 heavy (non-hydrogen) atoms. The lowest BCUT2D eigenvalue weighted by molar-refractivity contribution is -0.134. The molecule has 3 aliphatic heterocycles. The van der Waals surface area contributed by atoms with E-state index in [2.05, 4.69) is 15.3 Å². The van der Waals surface area contributed by atoms with Gasteiger partial charge in [-0.05, 0) is 57.3 Å². The van der Waals surface area contributed by atoms with Gasteiger partial charge < -0.3 is 30.2 Å². The van der Waals surface area contributed by atoms with Crippen molar-refractivity contribution < 1.29 is 23.8 Å². The number of rotatable bonds is 8. The maximum Gasteiger partial charge on any atom is 0.410 e. The van der Waals surface area contributed by atoms with Crippen molar-refractivity contribution in [3.63, 3.8) is 0 Å². The molecule has 0 radical (unpaired) electrons. The fraction of sp³-hybridized carbons (Fsp3) is 0.731. The maximum atomic E-state index is 12.4. The molecule has 0 bridgehead atoms. The van der Waals surface area contributed by atoms with E-state index in [4.69, 9.17) is 24.9 Å². The Morgan fingerprint density at radius 1 is 1.11 bits per heavy atom. The van der Waals surface area contributed by atoms with Gasteiger partial charge in [-0.1, -0.05) is 0 Å². The molecule has 3 saturated heterocycles. The van der Waals surface area contributed by atoms with Crippen LogP contribution < -0.4 is 11.1 Å². The minimum Gasteiger partial charge on any atom is -0.444 e. The van der Waals surface area contributed by atoms with Crippen LogP contribution in [0.5, 0.6) is 0 Å². The highest BCUT2D eigenvalue weighted by atomic mass is 16.6. The van der Waals surface area contributed by atoms with Gasteiger partial charge >= 0.3 is 6.09 Å². The first-order valence-corrected chi connectivity index (χ1v) is 14.0. The van der Waals surface area contributed by atoms with Gasteiger partial charge in [0.25, 0.3) is 0 Å². The van der Waals surface area contributed by atoms with Crippen LogP contribution in [0.25, 0.3) is 11.2 Å². The van der Waals surface area contributed by atoms with Gasteiger partial charge in [-0.3, -0.25) is 9.36 Å². The molecule has 4 fully saturated rings. The van der Waals surface area contributed by atoms with Crippen LogP contribution >= 0.6 is 0 Å². The summed E-state index contributed by atoms with van der Waals surface area (Å²) in [5.74, 6) is 1.59. The summed E-state index contributed by atoms with van der Waals surface area (Å²) in [6.07, 6.45) is 9.55. The lowest BCUT2D eigenvalue weighted by Gasteiger charge is -2.32. The number of hydrogen-bond acceptors (Lipinski definition) is 9. The van der Waals surface area contributed by atoms with Crippen LogP contribution in [0.4, 0.5) is 10.6 Å². The van der Waals surface area contributed by atoms with E-state index < -0.39 is 6.10 Å². The Bertz CT molecular complexity index is 1150. The lowest BCUT2D eigenvalue weighted by Crippen LogP contribution is -2.40. The average molecular weight is 528 g/mol. The number of nitrogens with two attached hydrogens (primary N) is 1. The Kier molecular flexibility index (Phi) is 7.33. The first kappa shape index (κ1) is 25.3. The van der Waals surface area contributed by atoms with E-state index in [0.29, 0.717) is 67.2 Å². The minimum absolute atomic E-state index is 0.0274. The summed E-state index contributed by atoms with van der Waals surface area (Å²) in [4.78, 5) is 40.3. The first-order chi connectivity index (χ1) is 18.5. The lowest BCUT2D eigenvalue weighted by atomic mass is 9.91. The predicted octanol–water partition coefficient (Wildman–Crippen LogP) is 2.32. The molecule has 12 nitrogen and oxygen atoms in total. The number of fused-ring (bicyclic) bond motifs is 1. The van der Waals surface area contributed by atoms with Crippen molar-refractivity contribution in [2.24, 2.45) is 5.92 Å². The van der Waals surface area contributed by atoms with Gasteiger partial charge in [-0.25, -0.2) is 19.7 Å². The van der Waals surface area contributed by atoms with Gasteiger partial charge in [0.15, 0.2) is 11.5 Å². The van der Waals surface area contributed by atoms with E-state index in [1.807, 2.05) is 9.47 Å². The zero-order valence-electron chi connectivity index (χ0n) is 21.7. The number of aromatic nitrogens is 4. The molecule has 2 aromatic heterocycles. The van der Waals surface area contributed by atoms with Crippen LogP contribution in [0.1, 0.15) is 69.8 Å². The Morgan fingerprint density at radius 3 is 2.71 bits per heavy atom. The molecule has 5 heterocycles. The van der Waals surface area contributed by atoms with Crippen molar-refractivity contribution in [1.29, 1.82) is 0 Å². The molecule has 6 rings (SSSR count). The topological polar surface area (TPSA) is 147 Å². The molecule has 2 aromatic rings. The van der Waals surface area contributed by atoms with Crippen molar-refractivity contribution in [1.82, 2.24) is 29.7 Å². The van der Waals surface area contributed by atoms with E-state index in [9.17, 15) is 9.59 Å². The summed E-state index contributed by atoms with van der Waals surface area (Å²) in [5.41, 5.74) is 7.45. The van der Waals surface area contributed by atoms with Crippen LogP contribution in [-0.2, 0) is 25.4 Å². The summed E-state index contributed by atoms with van der Waals surface area (Å²) >= 11 is 0. The average Bonchev–Trinajstić information content (AvgIpc) is 3.30. The number of hydrogen-bond donors (Lipinski definition) is 2. The Hall–Kier alpha value is -2.99. The maximum absolute atomic E-state index is 12.4. The van der Waals surface area contributed by atoms with Gasteiger partial charge in [-0.15, -0.1) is 0 Å². The van der Waals surface area contributed by atoms with Crippen molar-refractivity contribution in [2.45, 2.75) is 88.7 Å². The Balaban J connectivity index is 0.999. The predicted molar refractivity (Wildman–Crippen MR) is 137 cm³/mol. The molecule has 1 unspecified atom stereocenters. The van der Waals surface area contributed by atoms with Gasteiger partial charge in [-0.2, -0.15) is 0 Å². The molecular formula is C26H37N7O5. The summed E-state index contributed by atoms with van der Waals surface area (Å²) < 4.78 is 18.8. The molecule has 4 aliphatic rings. The number of likely N-dealkylation sites (tertiary alicyclic amines) is 1. The quantitative estimate of drug-likeness (QED) is 0.528. The molecule has 12 heteroatoms. The van der Waals surface area contributed by atoms with Crippen molar-refractivity contribution in [3.05, 3.63) is 12.2 Å². The summed E-state index contributed by atoms with van der Waals surface area (Å²) in [5, 5.41) is 3.02. The first-order valence-electron chi connectivity index (χ1n) is 14.0. The number of nitrogens with one attached hydrogen (secondary N) is 1. The normalized spacial score (nSPS) is 26.2. The smallest absolute Gasteiger partial charge is 0.410 e. The van der Waals surface area contributed by atoms with Crippen molar-refractivity contribution in [2.75, 3.05) is 32.0 Å². The van der Waals surface area contributed by atoms with Crippen LogP contribution in [0.3, 0.4) is 0 Å². The number of carbonyl (C=O) groups is 2. The number of ether oxygens (including phenoxy) is 3. The summed E-state index contributed by atoms with van der Waals surface area (Å²) in [6, 6.07) is 0.315. The number of piperidine rings is 1. The number of nitrogens with zero attached hydrogens (tertiary/aromatic N) is 5. The fourth-order valence-electron chi connectivity index (χ4n) is 5.62. The molecule has 206 valence electrons. The number of amides is 2. The summed E-state index contributed by atoms with van der Waals surface area (Å²) in [6.45, 7) is 2.63. The molecular weight excluding hydrogens is 490 g/mol. The molecule has 1 saturated carbocycles. The zero-order valence-corrected chi connectivity index (χ0v) is 21.7. The van der Waals surface area contributed by atoms with E-state index in [1.54, 1.807) is 6.33 Å². The molecule has 0 spiro atoms. The third kappa shape index (κ3) is 5.70. The number of nitrogen functional groups attached to an aromatic ring is 1. The number of carbonyl (C=O) groups excluding carboxylic acids is 2. The SMILES string of the molecule is Nc1nc(CCCC2CCN(C(=O)OC3CCOC3)CC2)nc2c1ncn2[C@H]1CC[C@@H](C(=O)NC2CC2)O1. The molecule has 3 atom stereocenters. The van der Waals surface area contributed by atoms with Crippen LogP contribution in [0.15, 0.2) is 6.33 Å². The van der Waals surface area contributed by atoms with E-state index >= 15 is 0 Å². The zero-order chi connectivity index (χ0) is 26.1. The fourth-order valence-corrected chi connectivity index (χ4v) is 5.62. The van der Waals surface area contributed by atoms with Gasteiger partial charge in [0, 0.05) is 32.0 Å². The van der Waals surface area contributed by atoms with Crippen LogP contribution in [0.2, 0.25) is 0 Å². The highest BCUT2D eigenvalue weighted by Gasteiger charge is 2.35. The third-order valence-corrected chi connectivity index (χ3v) is 8.06. The van der Waals surface area contributed by atoms with Gasteiger partial charge in [0.2, 0.25) is 5.91 Å². The Morgan fingerprint density at radius 2 is 1.95 bits per heavy atom. The second-order valence-electron chi connectivity index (χ2n) is 11.0. The van der Waals surface area contributed by atoms with Crippen LogP contribution in [0, 0.1) is 5.92 Å². The number of anilines is 1. The van der Waals surface area contributed by atoms with Crippen molar-refractivity contribution >= 4 is 29.0 Å². The highest BCUT2D eigenvalue weighted by molar-refractivity contribution is 5.82. The molecule has 0 aromatic carbocycles. The van der Waals surface area contributed by atoms with E-state index in [1.165, 1.54) is 0 Å². The van der Waals surface area contributed by atoms with Gasteiger partial charge in [0.1, 0.15) is 29.8 Å². The molecule has 2 amide bonds. The van der Waals surface area contributed by atoms with Crippen LogP contribution in [-0.4, -0.2) is 81.0 Å². The number of imidazole rings is 1. The standard InChI is InChI=1S/C26H37N7O5/c27-23-22-24(33(15-28-22)21-7-6-19(38-21)25(34)29-17-4-5-17)31-20(30-23)3-1-2-16-8-11-32(12-9-16)26(35)37-18-10-13-36-14-18/h15-19,21H,1-14H2,(H,29,34)(H2,27,30,31)/t18?,19-,21+/m0/s1. The summed E-state index contributed by atoms with van der Waals surface area (Å²) in [7, 11) is 0. The van der Waals surface area contributed by atoms with Gasteiger partial charge in [0.05, 0.1) is 19.5 Å². The molecule has 3 N–H and O–H groups in total. The van der Waals surface area contributed by atoms with E-state index in [-0.39, 0.29) is 24.3 Å².